The van der Waals surface area contributed by atoms with Crippen LogP contribution in [0, 0.1) is 0 Å². The molecule has 148 valence electrons. The van der Waals surface area contributed by atoms with Gasteiger partial charge in [0.2, 0.25) is 0 Å². The number of ether oxygens (including phenoxy) is 3. The number of rotatable bonds is 5. The molecule has 0 bridgehead atoms. The molecule has 1 spiro atoms. The van der Waals surface area contributed by atoms with Crippen LogP contribution in [0.2, 0.25) is 0 Å². The van der Waals surface area contributed by atoms with E-state index in [4.69, 9.17) is 14.2 Å². The minimum Gasteiger partial charge on any atom is -0.382 e. The number of likely N-dealkylation sites (tertiary alicyclic amines) is 1. The lowest BCUT2D eigenvalue weighted by molar-refractivity contribution is -0.181. The molecule has 1 amide bonds. The van der Waals surface area contributed by atoms with Crippen LogP contribution >= 0.6 is 0 Å². The first-order valence-corrected chi connectivity index (χ1v) is 9.80. The Labute approximate surface area is 159 Å². The Morgan fingerprint density at radius 2 is 1.81 bits per heavy atom. The van der Waals surface area contributed by atoms with Crippen LogP contribution in [0.15, 0.2) is 18.5 Å². The highest BCUT2D eigenvalue weighted by Gasteiger charge is 2.40. The third-order valence-corrected chi connectivity index (χ3v) is 5.47. The third-order valence-electron chi connectivity index (χ3n) is 5.47. The van der Waals surface area contributed by atoms with Crippen molar-refractivity contribution in [3.63, 3.8) is 0 Å². The van der Waals surface area contributed by atoms with Crippen molar-refractivity contribution >= 4 is 11.6 Å². The molecule has 0 radical (unpaired) electrons. The van der Waals surface area contributed by atoms with E-state index < -0.39 is 5.79 Å². The molecule has 1 aromatic rings. The number of carbonyl (C=O) groups is 1. The van der Waals surface area contributed by atoms with Crippen LogP contribution in [-0.4, -0.2) is 92.2 Å². The van der Waals surface area contributed by atoms with Crippen LogP contribution < -0.4 is 5.32 Å². The molecule has 0 saturated carbocycles. The number of anilines is 1. The first-order chi connectivity index (χ1) is 13.2. The number of hydrogen-bond donors (Lipinski definition) is 1. The van der Waals surface area contributed by atoms with E-state index in [0.29, 0.717) is 31.9 Å². The van der Waals surface area contributed by atoms with Gasteiger partial charge in [0.05, 0.1) is 37.7 Å². The second kappa shape index (κ2) is 8.52. The predicted octanol–water partition coefficient (Wildman–Crippen LogP) is 0.805. The van der Waals surface area contributed by atoms with E-state index in [-0.39, 0.29) is 5.91 Å². The molecule has 4 rings (SSSR count). The molecule has 3 aliphatic rings. The lowest BCUT2D eigenvalue weighted by Gasteiger charge is -2.37. The Kier molecular flexibility index (Phi) is 5.87. The van der Waals surface area contributed by atoms with Gasteiger partial charge < -0.3 is 24.4 Å². The smallest absolute Gasteiger partial charge is 0.255 e. The molecule has 1 aromatic heterocycles. The standard InChI is InChI=1S/C19H28N4O4/c24-18(23-4-1-19(2-5-23)26-11-12-27-19)16-13-17(15-20-14-16)21-3-6-22-7-9-25-10-8-22/h13-15,21H,1-12H2. The normalized spacial score (nSPS) is 22.9. The number of carbonyl (C=O) groups excluding carboxylic acids is 1. The van der Waals surface area contributed by atoms with Gasteiger partial charge in [0.1, 0.15) is 0 Å². The zero-order valence-electron chi connectivity index (χ0n) is 15.7. The molecular weight excluding hydrogens is 348 g/mol. The van der Waals surface area contributed by atoms with Gasteiger partial charge in [-0.25, -0.2) is 0 Å². The van der Waals surface area contributed by atoms with Gasteiger partial charge in [0.15, 0.2) is 5.79 Å². The zero-order valence-corrected chi connectivity index (χ0v) is 15.7. The van der Waals surface area contributed by atoms with E-state index in [9.17, 15) is 4.79 Å². The van der Waals surface area contributed by atoms with Crippen LogP contribution in [0.4, 0.5) is 5.69 Å². The molecule has 3 aliphatic heterocycles. The van der Waals surface area contributed by atoms with Crippen molar-refractivity contribution in [1.29, 1.82) is 0 Å². The number of morpholine rings is 1. The van der Waals surface area contributed by atoms with Crippen molar-refractivity contribution in [2.24, 2.45) is 0 Å². The topological polar surface area (TPSA) is 76.2 Å². The quantitative estimate of drug-likeness (QED) is 0.815. The summed E-state index contributed by atoms with van der Waals surface area (Å²) in [5, 5.41) is 3.37. The van der Waals surface area contributed by atoms with Gasteiger partial charge in [-0.3, -0.25) is 14.7 Å². The Morgan fingerprint density at radius 1 is 1.07 bits per heavy atom. The minimum absolute atomic E-state index is 0.0205. The second-order valence-electron chi connectivity index (χ2n) is 7.24. The van der Waals surface area contributed by atoms with Crippen LogP contribution in [0.3, 0.4) is 0 Å². The van der Waals surface area contributed by atoms with Crippen molar-refractivity contribution < 1.29 is 19.0 Å². The van der Waals surface area contributed by atoms with E-state index >= 15 is 0 Å². The van der Waals surface area contributed by atoms with Crippen LogP contribution in [0.1, 0.15) is 23.2 Å². The maximum atomic E-state index is 12.8. The molecule has 0 unspecified atom stereocenters. The van der Waals surface area contributed by atoms with Gasteiger partial charge in [0, 0.05) is 64.5 Å². The second-order valence-corrected chi connectivity index (χ2v) is 7.24. The molecule has 4 heterocycles. The molecule has 27 heavy (non-hydrogen) atoms. The number of nitrogens with zero attached hydrogens (tertiary/aromatic N) is 3. The van der Waals surface area contributed by atoms with Crippen molar-refractivity contribution in [2.75, 3.05) is 71.0 Å². The van der Waals surface area contributed by atoms with Crippen molar-refractivity contribution in [2.45, 2.75) is 18.6 Å². The van der Waals surface area contributed by atoms with E-state index in [1.54, 1.807) is 12.4 Å². The van der Waals surface area contributed by atoms with Gasteiger partial charge in [-0.05, 0) is 6.07 Å². The Balaban J connectivity index is 1.28. The van der Waals surface area contributed by atoms with Crippen LogP contribution in [0.5, 0.6) is 0 Å². The molecule has 8 heteroatoms. The Hall–Kier alpha value is -1.74. The maximum absolute atomic E-state index is 12.8. The predicted molar refractivity (Wildman–Crippen MR) is 99.8 cm³/mol. The average Bonchev–Trinajstić information content (AvgIpc) is 3.17. The number of aromatic nitrogens is 1. The molecule has 0 aliphatic carbocycles. The first-order valence-electron chi connectivity index (χ1n) is 9.80. The Bertz CT molecular complexity index is 634. The number of piperidine rings is 1. The molecule has 3 saturated heterocycles. The largest absolute Gasteiger partial charge is 0.382 e. The van der Waals surface area contributed by atoms with Gasteiger partial charge >= 0.3 is 0 Å². The van der Waals surface area contributed by atoms with E-state index in [1.807, 2.05) is 11.0 Å². The minimum atomic E-state index is -0.460. The highest BCUT2D eigenvalue weighted by Crippen LogP contribution is 2.31. The number of hydrogen-bond acceptors (Lipinski definition) is 7. The summed E-state index contributed by atoms with van der Waals surface area (Å²) >= 11 is 0. The summed E-state index contributed by atoms with van der Waals surface area (Å²) in [5.41, 5.74) is 1.50. The molecule has 3 fully saturated rings. The molecule has 0 atom stereocenters. The van der Waals surface area contributed by atoms with Gasteiger partial charge in [0.25, 0.3) is 5.91 Å². The van der Waals surface area contributed by atoms with Crippen molar-refractivity contribution in [1.82, 2.24) is 14.8 Å². The fraction of sp³-hybridized carbons (Fsp3) is 0.684. The summed E-state index contributed by atoms with van der Waals surface area (Å²) in [6, 6.07) is 1.89. The summed E-state index contributed by atoms with van der Waals surface area (Å²) in [6.07, 6.45) is 4.86. The molecule has 0 aromatic carbocycles. The first kappa shape index (κ1) is 18.6. The monoisotopic (exact) mass is 376 g/mol. The SMILES string of the molecule is O=C(c1cncc(NCCN2CCOCC2)c1)N1CCC2(CC1)OCCO2. The number of amides is 1. The lowest BCUT2D eigenvalue weighted by atomic mass is 10.0. The fourth-order valence-electron chi connectivity index (χ4n) is 3.86. The summed E-state index contributed by atoms with van der Waals surface area (Å²) in [4.78, 5) is 21.3. The lowest BCUT2D eigenvalue weighted by Crippen LogP contribution is -2.47. The van der Waals surface area contributed by atoms with Crippen LogP contribution in [0.25, 0.3) is 0 Å². The molecular formula is C19H28N4O4. The van der Waals surface area contributed by atoms with Gasteiger partial charge in [-0.2, -0.15) is 0 Å². The highest BCUT2D eigenvalue weighted by molar-refractivity contribution is 5.94. The summed E-state index contributed by atoms with van der Waals surface area (Å²) in [5.74, 6) is -0.440. The van der Waals surface area contributed by atoms with E-state index in [0.717, 1.165) is 57.9 Å². The number of pyridine rings is 1. The van der Waals surface area contributed by atoms with E-state index in [1.165, 1.54) is 0 Å². The van der Waals surface area contributed by atoms with Gasteiger partial charge in [-0.1, -0.05) is 0 Å². The van der Waals surface area contributed by atoms with E-state index in [2.05, 4.69) is 15.2 Å². The average molecular weight is 376 g/mol. The fourth-order valence-corrected chi connectivity index (χ4v) is 3.86. The maximum Gasteiger partial charge on any atom is 0.255 e. The van der Waals surface area contributed by atoms with Crippen molar-refractivity contribution in [3.05, 3.63) is 24.0 Å². The molecule has 1 N–H and O–H groups in total. The number of nitrogens with one attached hydrogen (secondary N) is 1. The summed E-state index contributed by atoms with van der Waals surface area (Å²) in [7, 11) is 0. The zero-order chi connectivity index (χ0) is 18.5. The summed E-state index contributed by atoms with van der Waals surface area (Å²) < 4.78 is 16.8. The summed E-state index contributed by atoms with van der Waals surface area (Å²) in [6.45, 7) is 7.92. The van der Waals surface area contributed by atoms with Crippen LogP contribution in [-0.2, 0) is 14.2 Å². The Morgan fingerprint density at radius 3 is 2.56 bits per heavy atom. The highest BCUT2D eigenvalue weighted by atomic mass is 16.7. The molecule has 8 nitrogen and oxygen atoms in total. The van der Waals surface area contributed by atoms with Gasteiger partial charge in [-0.15, -0.1) is 0 Å². The third kappa shape index (κ3) is 4.57. The van der Waals surface area contributed by atoms with Crippen molar-refractivity contribution in [3.8, 4) is 0 Å².